The van der Waals surface area contributed by atoms with E-state index in [0.29, 0.717) is 11.3 Å². The van der Waals surface area contributed by atoms with Gasteiger partial charge in [-0.05, 0) is 62.2 Å². The molecule has 1 fully saturated rings. The Morgan fingerprint density at radius 3 is 2.77 bits per heavy atom. The Morgan fingerprint density at radius 2 is 2.06 bits per heavy atom. The molecule has 0 unspecified atom stereocenters. The van der Waals surface area contributed by atoms with E-state index in [2.05, 4.69) is 55.4 Å². The van der Waals surface area contributed by atoms with Gasteiger partial charge in [0.05, 0.1) is 24.8 Å². The molecule has 0 radical (unpaired) electrons. The average molecular weight is 483 g/mol. The molecule has 0 bridgehead atoms. The van der Waals surface area contributed by atoms with Crippen LogP contribution in [0.5, 0.6) is 5.75 Å². The summed E-state index contributed by atoms with van der Waals surface area (Å²) in [7, 11) is 1.62. The first-order valence-corrected chi connectivity index (χ1v) is 11.3. The average Bonchev–Trinajstić information content (AvgIpc) is 3.21. The Balaban J connectivity index is 1.40. The second kappa shape index (κ2) is 9.66. The van der Waals surface area contributed by atoms with E-state index in [1.807, 2.05) is 29.8 Å². The molecule has 1 aliphatic rings. The van der Waals surface area contributed by atoms with Gasteiger partial charge in [-0.2, -0.15) is 0 Å². The second-order valence-corrected chi connectivity index (χ2v) is 8.90. The minimum Gasteiger partial charge on any atom is -0.495 e. The van der Waals surface area contributed by atoms with Gasteiger partial charge in [-0.15, -0.1) is 0 Å². The van der Waals surface area contributed by atoms with Crippen LogP contribution in [0.2, 0.25) is 0 Å². The predicted molar refractivity (Wildman–Crippen MR) is 125 cm³/mol. The molecular weight excluding hydrogens is 456 g/mol. The van der Waals surface area contributed by atoms with Gasteiger partial charge in [-0.25, -0.2) is 4.98 Å². The molecule has 2 heterocycles. The van der Waals surface area contributed by atoms with E-state index in [0.717, 1.165) is 48.3 Å². The number of halogens is 1. The van der Waals surface area contributed by atoms with Crippen molar-refractivity contribution in [2.75, 3.05) is 20.2 Å². The van der Waals surface area contributed by atoms with Crippen molar-refractivity contribution in [2.45, 2.75) is 32.4 Å². The summed E-state index contributed by atoms with van der Waals surface area (Å²) in [5.74, 6) is 0.577. The molecule has 31 heavy (non-hydrogen) atoms. The fourth-order valence-electron chi connectivity index (χ4n) is 4.02. The number of rotatable bonds is 6. The number of aryl methyl sites for hydroxylation is 1. The minimum atomic E-state index is -0.0675. The summed E-state index contributed by atoms with van der Waals surface area (Å²) in [6.07, 6.45) is 5.74. The van der Waals surface area contributed by atoms with Crippen LogP contribution in [0, 0.1) is 6.92 Å². The van der Waals surface area contributed by atoms with E-state index in [9.17, 15) is 4.79 Å². The first kappa shape index (κ1) is 21.6. The quantitative estimate of drug-likeness (QED) is 0.567. The van der Waals surface area contributed by atoms with Gasteiger partial charge in [0.1, 0.15) is 5.75 Å². The molecule has 1 saturated heterocycles. The molecule has 0 aliphatic carbocycles. The lowest BCUT2D eigenvalue weighted by molar-refractivity contribution is 0.0900. The zero-order valence-electron chi connectivity index (χ0n) is 17.8. The largest absolute Gasteiger partial charge is 0.495 e. The number of nitrogens with zero attached hydrogens (tertiary/aromatic N) is 3. The first-order valence-electron chi connectivity index (χ1n) is 10.5. The van der Waals surface area contributed by atoms with E-state index in [-0.39, 0.29) is 11.9 Å². The van der Waals surface area contributed by atoms with Crippen molar-refractivity contribution in [1.82, 2.24) is 19.8 Å². The van der Waals surface area contributed by atoms with Crippen molar-refractivity contribution in [3.63, 3.8) is 0 Å². The smallest absolute Gasteiger partial charge is 0.251 e. The van der Waals surface area contributed by atoms with Gasteiger partial charge in [0.25, 0.3) is 5.91 Å². The fraction of sp³-hybridized carbons (Fsp3) is 0.333. The maximum absolute atomic E-state index is 12.9. The molecule has 162 valence electrons. The number of amides is 1. The summed E-state index contributed by atoms with van der Waals surface area (Å²) >= 11 is 3.48. The van der Waals surface area contributed by atoms with E-state index < -0.39 is 0 Å². The van der Waals surface area contributed by atoms with Crippen molar-refractivity contribution in [1.29, 1.82) is 0 Å². The number of piperidine rings is 1. The van der Waals surface area contributed by atoms with Crippen molar-refractivity contribution in [3.8, 4) is 11.4 Å². The van der Waals surface area contributed by atoms with E-state index in [4.69, 9.17) is 4.74 Å². The van der Waals surface area contributed by atoms with E-state index >= 15 is 0 Å². The number of hydrogen-bond donors (Lipinski definition) is 1. The lowest BCUT2D eigenvalue weighted by atomic mass is 10.0. The number of carbonyl (C=O) groups is 1. The highest BCUT2D eigenvalue weighted by Crippen LogP contribution is 2.25. The molecule has 3 aromatic rings. The number of likely N-dealkylation sites (tertiary alicyclic amines) is 1. The molecule has 1 amide bonds. The van der Waals surface area contributed by atoms with Gasteiger partial charge in [-0.1, -0.05) is 28.1 Å². The summed E-state index contributed by atoms with van der Waals surface area (Å²) in [4.78, 5) is 19.6. The molecule has 1 aliphatic heterocycles. The molecule has 1 N–H and O–H groups in total. The Labute approximate surface area is 191 Å². The van der Waals surface area contributed by atoms with Crippen LogP contribution >= 0.6 is 15.9 Å². The third-order valence-electron chi connectivity index (χ3n) is 5.59. The van der Waals surface area contributed by atoms with Crippen LogP contribution in [0.4, 0.5) is 0 Å². The lowest BCUT2D eigenvalue weighted by Crippen LogP contribution is -2.47. The van der Waals surface area contributed by atoms with Crippen molar-refractivity contribution < 1.29 is 9.53 Å². The highest BCUT2D eigenvalue weighted by molar-refractivity contribution is 9.10. The summed E-state index contributed by atoms with van der Waals surface area (Å²) in [5, 5.41) is 3.21. The summed E-state index contributed by atoms with van der Waals surface area (Å²) in [5.41, 5.74) is 3.67. The lowest BCUT2D eigenvalue weighted by Gasteiger charge is -2.33. The standard InChI is InChI=1S/C24H27BrN4O2/c1-17-13-29(16-26-17)22-10-7-19(12-23(22)31-2)24(30)27-21-4-3-11-28(15-21)14-18-5-8-20(25)9-6-18/h5-10,12-13,16,21H,3-4,11,14-15H2,1-2H3,(H,27,30)/t21-/m0/s1. The van der Waals surface area contributed by atoms with Gasteiger partial charge in [0.2, 0.25) is 0 Å². The van der Waals surface area contributed by atoms with Crippen LogP contribution in [-0.4, -0.2) is 46.6 Å². The van der Waals surface area contributed by atoms with Gasteiger partial charge in [0, 0.05) is 35.4 Å². The van der Waals surface area contributed by atoms with Crippen molar-refractivity contribution in [3.05, 3.63) is 76.3 Å². The highest BCUT2D eigenvalue weighted by atomic mass is 79.9. The van der Waals surface area contributed by atoms with Gasteiger partial charge >= 0.3 is 0 Å². The van der Waals surface area contributed by atoms with Crippen LogP contribution in [0.1, 0.15) is 34.5 Å². The number of carbonyl (C=O) groups excluding carboxylic acids is 1. The SMILES string of the molecule is COc1cc(C(=O)N[C@H]2CCCN(Cc3ccc(Br)cc3)C2)ccc1-n1cnc(C)c1. The number of aromatic nitrogens is 2. The molecule has 4 rings (SSSR count). The Hall–Kier alpha value is -2.64. The Bertz CT molecular complexity index is 1050. The molecule has 2 aromatic carbocycles. The molecule has 0 saturated carbocycles. The first-order chi connectivity index (χ1) is 15.0. The highest BCUT2D eigenvalue weighted by Gasteiger charge is 2.22. The fourth-order valence-corrected chi connectivity index (χ4v) is 4.28. The third-order valence-corrected chi connectivity index (χ3v) is 6.12. The molecular formula is C24H27BrN4O2. The zero-order valence-corrected chi connectivity index (χ0v) is 19.4. The van der Waals surface area contributed by atoms with Crippen LogP contribution in [0.15, 0.2) is 59.5 Å². The number of ether oxygens (including phenoxy) is 1. The van der Waals surface area contributed by atoms with Gasteiger partial charge < -0.3 is 14.6 Å². The maximum Gasteiger partial charge on any atom is 0.251 e. The normalized spacial score (nSPS) is 16.8. The van der Waals surface area contributed by atoms with Crippen LogP contribution < -0.4 is 10.1 Å². The summed E-state index contributed by atoms with van der Waals surface area (Å²) in [6.45, 7) is 4.74. The second-order valence-electron chi connectivity index (χ2n) is 7.98. The zero-order chi connectivity index (χ0) is 21.8. The van der Waals surface area contributed by atoms with E-state index in [1.54, 1.807) is 19.5 Å². The minimum absolute atomic E-state index is 0.0675. The molecule has 1 aromatic heterocycles. The Kier molecular flexibility index (Phi) is 6.73. The van der Waals surface area contributed by atoms with Crippen molar-refractivity contribution in [2.24, 2.45) is 0 Å². The number of imidazole rings is 1. The molecule has 0 spiro atoms. The van der Waals surface area contributed by atoms with Crippen molar-refractivity contribution >= 4 is 21.8 Å². The molecule has 6 nitrogen and oxygen atoms in total. The third kappa shape index (κ3) is 5.35. The van der Waals surface area contributed by atoms with Gasteiger partial charge in [-0.3, -0.25) is 9.69 Å². The van der Waals surface area contributed by atoms with Gasteiger partial charge in [0.15, 0.2) is 0 Å². The number of benzene rings is 2. The van der Waals surface area contributed by atoms with Crippen LogP contribution in [0.25, 0.3) is 5.69 Å². The Morgan fingerprint density at radius 1 is 1.26 bits per heavy atom. The molecule has 1 atom stereocenters. The van der Waals surface area contributed by atoms with Crippen LogP contribution in [-0.2, 0) is 6.54 Å². The topological polar surface area (TPSA) is 59.4 Å². The maximum atomic E-state index is 12.9. The number of methoxy groups -OCH3 is 1. The monoisotopic (exact) mass is 482 g/mol. The van der Waals surface area contributed by atoms with E-state index in [1.165, 1.54) is 5.56 Å². The number of hydrogen-bond acceptors (Lipinski definition) is 4. The summed E-state index contributed by atoms with van der Waals surface area (Å²) < 4.78 is 8.53. The number of nitrogens with one attached hydrogen (secondary N) is 1. The predicted octanol–water partition coefficient (Wildman–Crippen LogP) is 4.35. The van der Waals surface area contributed by atoms with Crippen LogP contribution in [0.3, 0.4) is 0 Å². The summed E-state index contributed by atoms with van der Waals surface area (Å²) in [6, 6.07) is 14.1. The molecule has 7 heteroatoms.